The highest BCUT2D eigenvalue weighted by Gasteiger charge is 2.36. The number of nitrogens with two attached hydrogens (primary N) is 1. The molecule has 124 valence electrons. The molecule has 0 saturated carbocycles. The van der Waals surface area contributed by atoms with Crippen LogP contribution in [0.5, 0.6) is 0 Å². The van der Waals surface area contributed by atoms with Crippen molar-refractivity contribution in [2.24, 2.45) is 10.7 Å². The summed E-state index contributed by atoms with van der Waals surface area (Å²) in [5.41, 5.74) is 5.66. The van der Waals surface area contributed by atoms with E-state index in [0.29, 0.717) is 17.6 Å². The first-order valence-corrected chi connectivity index (χ1v) is 8.33. The molecule has 0 aromatic carbocycles. The first-order valence-electron chi connectivity index (χ1n) is 8.33. The fraction of sp³-hybridized carbons (Fsp3) is 0.647. The second-order valence-electron chi connectivity index (χ2n) is 5.80. The summed E-state index contributed by atoms with van der Waals surface area (Å²) in [5, 5.41) is 9.14. The van der Waals surface area contributed by atoms with Crippen molar-refractivity contribution in [2.45, 2.75) is 51.9 Å². The van der Waals surface area contributed by atoms with E-state index in [9.17, 15) is 4.79 Å². The van der Waals surface area contributed by atoms with E-state index in [1.54, 1.807) is 6.20 Å². The summed E-state index contributed by atoms with van der Waals surface area (Å²) in [6.45, 7) is 3.27. The quantitative estimate of drug-likeness (QED) is 0.330. The van der Waals surface area contributed by atoms with E-state index in [2.05, 4.69) is 24.1 Å². The molecule has 22 heavy (non-hydrogen) atoms. The van der Waals surface area contributed by atoms with Crippen LogP contribution in [0.4, 0.5) is 0 Å². The summed E-state index contributed by atoms with van der Waals surface area (Å²) < 4.78 is 0.294. The van der Waals surface area contributed by atoms with Crippen LogP contribution in [0.15, 0.2) is 29.5 Å². The summed E-state index contributed by atoms with van der Waals surface area (Å²) in [7, 11) is 0. The van der Waals surface area contributed by atoms with Crippen molar-refractivity contribution in [2.75, 3.05) is 19.6 Å². The van der Waals surface area contributed by atoms with E-state index in [1.807, 2.05) is 6.20 Å². The van der Waals surface area contributed by atoms with Gasteiger partial charge in [0.2, 0.25) is 5.84 Å². The SMILES string of the molecule is CCC/C=C/CCCCCC1=NC=C[N+]1(CCN)CC(=O)O. The van der Waals surface area contributed by atoms with Crippen LogP contribution in [-0.2, 0) is 4.79 Å². The lowest BCUT2D eigenvalue weighted by molar-refractivity contribution is -0.778. The Morgan fingerprint density at radius 3 is 2.77 bits per heavy atom. The molecule has 0 spiro atoms. The summed E-state index contributed by atoms with van der Waals surface area (Å²) >= 11 is 0. The van der Waals surface area contributed by atoms with Crippen molar-refractivity contribution in [1.82, 2.24) is 0 Å². The minimum absolute atomic E-state index is 0.0340. The Morgan fingerprint density at radius 2 is 2.09 bits per heavy atom. The van der Waals surface area contributed by atoms with Crippen molar-refractivity contribution >= 4 is 11.8 Å². The van der Waals surface area contributed by atoms with E-state index in [4.69, 9.17) is 10.8 Å². The molecule has 1 unspecified atom stereocenters. The fourth-order valence-electron chi connectivity index (χ4n) is 2.76. The second kappa shape index (κ2) is 10.3. The van der Waals surface area contributed by atoms with Crippen LogP contribution >= 0.6 is 0 Å². The lowest BCUT2D eigenvalue weighted by Gasteiger charge is -2.30. The first kappa shape index (κ1) is 18.6. The number of amidine groups is 1. The number of aliphatic imine (C=N–C) groups is 1. The van der Waals surface area contributed by atoms with Crippen LogP contribution in [0.3, 0.4) is 0 Å². The number of quaternary nitrogens is 1. The predicted octanol–water partition coefficient (Wildman–Crippen LogP) is 3.04. The summed E-state index contributed by atoms with van der Waals surface area (Å²) in [5.74, 6) is 0.128. The Balaban J connectivity index is 2.36. The number of carboxylic acids is 1. The molecule has 0 aliphatic carbocycles. The van der Waals surface area contributed by atoms with Gasteiger partial charge >= 0.3 is 5.97 Å². The number of carbonyl (C=O) groups is 1. The zero-order valence-corrected chi connectivity index (χ0v) is 13.7. The predicted molar refractivity (Wildman–Crippen MR) is 90.4 cm³/mol. The van der Waals surface area contributed by atoms with E-state index in [1.165, 1.54) is 12.8 Å². The molecule has 1 rings (SSSR count). The van der Waals surface area contributed by atoms with Gasteiger partial charge in [-0.25, -0.2) is 14.3 Å². The number of hydrogen-bond acceptors (Lipinski definition) is 3. The molecule has 0 aromatic heterocycles. The van der Waals surface area contributed by atoms with Crippen LogP contribution < -0.4 is 5.73 Å². The Hall–Kier alpha value is -1.46. The molecule has 1 atom stereocenters. The number of unbranched alkanes of at least 4 members (excludes halogenated alkanes) is 4. The van der Waals surface area contributed by atoms with E-state index in [-0.39, 0.29) is 6.54 Å². The van der Waals surface area contributed by atoms with E-state index in [0.717, 1.165) is 37.9 Å². The highest BCUT2D eigenvalue weighted by atomic mass is 16.4. The number of aliphatic carboxylic acids is 1. The fourth-order valence-corrected chi connectivity index (χ4v) is 2.76. The van der Waals surface area contributed by atoms with Gasteiger partial charge in [0, 0.05) is 13.0 Å². The van der Waals surface area contributed by atoms with Crippen LogP contribution in [0.2, 0.25) is 0 Å². The molecular weight excluding hydrogens is 278 g/mol. The third kappa shape index (κ3) is 6.12. The number of allylic oxidation sites excluding steroid dienone is 2. The maximum atomic E-state index is 11.1. The minimum atomic E-state index is -0.811. The second-order valence-corrected chi connectivity index (χ2v) is 5.80. The molecule has 0 aromatic rings. The van der Waals surface area contributed by atoms with Gasteiger partial charge in [0.05, 0.1) is 6.20 Å². The highest BCUT2D eigenvalue weighted by molar-refractivity contribution is 5.81. The van der Waals surface area contributed by atoms with Gasteiger partial charge < -0.3 is 10.8 Å². The van der Waals surface area contributed by atoms with Crippen LogP contribution in [-0.4, -0.2) is 41.0 Å². The average Bonchev–Trinajstić information content (AvgIpc) is 2.84. The van der Waals surface area contributed by atoms with Crippen molar-refractivity contribution in [3.05, 3.63) is 24.6 Å². The standard InChI is InChI=1S/C17H29N3O2/c1-2-3-4-5-6-7-8-9-10-16-19-12-14-20(16,13-11-18)15-17(21)22/h4-5,12,14H,2-3,6-11,13,15,18H2,1H3/p+1/b5-4+. The van der Waals surface area contributed by atoms with Crippen molar-refractivity contribution in [1.29, 1.82) is 0 Å². The Morgan fingerprint density at radius 1 is 1.32 bits per heavy atom. The molecule has 1 aliphatic rings. The number of nitrogens with zero attached hydrogens (tertiary/aromatic N) is 2. The number of rotatable bonds is 12. The maximum absolute atomic E-state index is 11.1. The molecule has 0 bridgehead atoms. The number of hydrogen-bond donors (Lipinski definition) is 2. The van der Waals surface area contributed by atoms with Crippen LogP contribution in [0.25, 0.3) is 0 Å². The molecule has 0 radical (unpaired) electrons. The van der Waals surface area contributed by atoms with Gasteiger partial charge in [-0.05, 0) is 25.7 Å². The van der Waals surface area contributed by atoms with Crippen LogP contribution in [0, 0.1) is 0 Å². The van der Waals surface area contributed by atoms with Crippen molar-refractivity contribution < 1.29 is 14.4 Å². The van der Waals surface area contributed by atoms with E-state index < -0.39 is 5.97 Å². The van der Waals surface area contributed by atoms with Gasteiger partial charge in [-0.2, -0.15) is 0 Å². The largest absolute Gasteiger partial charge is 0.477 e. The first-order chi connectivity index (χ1) is 10.6. The van der Waals surface area contributed by atoms with Gasteiger partial charge in [0.1, 0.15) is 12.7 Å². The van der Waals surface area contributed by atoms with Gasteiger partial charge in [0.25, 0.3) is 0 Å². The molecule has 0 amide bonds. The Kier molecular flexibility index (Phi) is 8.70. The third-order valence-corrected chi connectivity index (χ3v) is 3.93. The topological polar surface area (TPSA) is 75.7 Å². The average molecular weight is 308 g/mol. The summed E-state index contributed by atoms with van der Waals surface area (Å²) in [6.07, 6.45) is 15.8. The van der Waals surface area contributed by atoms with Crippen molar-refractivity contribution in [3.8, 4) is 0 Å². The maximum Gasteiger partial charge on any atom is 0.360 e. The number of carboxylic acid groups (broad SMARTS) is 1. The molecule has 0 saturated heterocycles. The molecular formula is C17H30N3O2+. The van der Waals surface area contributed by atoms with Gasteiger partial charge in [-0.3, -0.25) is 0 Å². The van der Waals surface area contributed by atoms with Crippen molar-refractivity contribution in [3.63, 3.8) is 0 Å². The normalized spacial score (nSPS) is 20.7. The van der Waals surface area contributed by atoms with Gasteiger partial charge in [0.15, 0.2) is 6.54 Å². The smallest absolute Gasteiger partial charge is 0.360 e. The molecule has 5 nitrogen and oxygen atoms in total. The third-order valence-electron chi connectivity index (χ3n) is 3.93. The minimum Gasteiger partial charge on any atom is -0.477 e. The molecule has 1 heterocycles. The zero-order valence-electron chi connectivity index (χ0n) is 13.7. The van der Waals surface area contributed by atoms with Crippen LogP contribution in [0.1, 0.15) is 51.9 Å². The Bertz CT molecular complexity index is 430. The van der Waals surface area contributed by atoms with Gasteiger partial charge in [-0.1, -0.05) is 31.9 Å². The summed E-state index contributed by atoms with van der Waals surface area (Å²) in [4.78, 5) is 15.5. The zero-order chi connectivity index (χ0) is 16.3. The molecule has 3 N–H and O–H groups in total. The Labute approximate surface area is 133 Å². The van der Waals surface area contributed by atoms with Gasteiger partial charge in [-0.15, -0.1) is 0 Å². The molecule has 5 heteroatoms. The molecule has 1 aliphatic heterocycles. The summed E-state index contributed by atoms with van der Waals surface area (Å²) in [6, 6.07) is 0. The monoisotopic (exact) mass is 308 g/mol. The molecule has 0 fully saturated rings. The van der Waals surface area contributed by atoms with E-state index >= 15 is 0 Å². The highest BCUT2D eigenvalue weighted by Crippen LogP contribution is 2.20. The lowest BCUT2D eigenvalue weighted by atomic mass is 10.1. The lowest BCUT2D eigenvalue weighted by Crippen LogP contribution is -2.52.